The summed E-state index contributed by atoms with van der Waals surface area (Å²) in [5.41, 5.74) is 0. The fraction of sp³-hybridized carbons (Fsp3) is 1.00. The molecule has 0 amide bonds. The fourth-order valence-electron chi connectivity index (χ4n) is 1.05. The largest absolute Gasteiger partial charge is 0.123 e. The van der Waals surface area contributed by atoms with E-state index in [0.29, 0.717) is 5.38 Å². The minimum Gasteiger partial charge on any atom is -0.123 e. The van der Waals surface area contributed by atoms with Gasteiger partial charge in [-0.3, -0.25) is 0 Å². The van der Waals surface area contributed by atoms with E-state index in [0.717, 1.165) is 0 Å². The molecule has 0 radical (unpaired) electrons. The van der Waals surface area contributed by atoms with Crippen LogP contribution in [0.5, 0.6) is 0 Å². The number of halogens is 1. The molecular weight excluding hydrogens is 156 g/mol. The molecule has 1 fully saturated rings. The van der Waals surface area contributed by atoms with Crippen LogP contribution < -0.4 is 0 Å². The Morgan fingerprint density at radius 3 is 1.36 bits per heavy atom. The summed E-state index contributed by atoms with van der Waals surface area (Å²) in [6, 6.07) is 0. The lowest BCUT2D eigenvalue weighted by molar-refractivity contribution is 0.511. The van der Waals surface area contributed by atoms with Crippen molar-refractivity contribution in [3.05, 3.63) is 0 Å². The van der Waals surface area contributed by atoms with Crippen molar-refractivity contribution >= 4 is 11.6 Å². The quantitative estimate of drug-likeness (QED) is 0.476. The Kier molecular flexibility index (Phi) is 16.3. The Bertz CT molecular complexity index is 46.8. The Labute approximate surface area is 77.3 Å². The minimum atomic E-state index is 0.508. The lowest BCUT2D eigenvalue weighted by Crippen LogP contribution is -2.03. The maximum Gasteiger partial charge on any atom is 0.0336 e. The van der Waals surface area contributed by atoms with Crippen LogP contribution in [0, 0.1) is 0 Å². The summed E-state index contributed by atoms with van der Waals surface area (Å²) in [5.74, 6) is 0. The summed E-state index contributed by atoms with van der Waals surface area (Å²) in [7, 11) is 0. The van der Waals surface area contributed by atoms with Crippen LogP contribution in [0.3, 0.4) is 0 Å². The predicted octanol–water partition coefficient (Wildman–Crippen LogP) is 4.61. The first kappa shape index (κ1) is 13.9. The molecule has 1 heteroatoms. The summed E-state index contributed by atoms with van der Waals surface area (Å²) in [5, 5.41) is 0.508. The van der Waals surface area contributed by atoms with Crippen molar-refractivity contribution in [2.24, 2.45) is 0 Å². The lowest BCUT2D eigenvalue weighted by atomic mass is 10.0. The highest BCUT2D eigenvalue weighted by molar-refractivity contribution is 6.20. The van der Waals surface area contributed by atoms with Gasteiger partial charge in [0.05, 0.1) is 0 Å². The molecule has 1 aliphatic carbocycles. The highest BCUT2D eigenvalue weighted by Gasteiger charge is 2.08. The SMILES string of the molecule is CC.CC.ClC1CCCCC1. The van der Waals surface area contributed by atoms with Crippen LogP contribution >= 0.6 is 11.6 Å². The zero-order valence-corrected chi connectivity index (χ0v) is 9.25. The van der Waals surface area contributed by atoms with E-state index in [1.807, 2.05) is 27.7 Å². The van der Waals surface area contributed by atoms with Gasteiger partial charge in [-0.25, -0.2) is 0 Å². The Hall–Kier alpha value is 0.290. The average Bonchev–Trinajstić information content (AvgIpc) is 2.13. The minimum absolute atomic E-state index is 0.508. The van der Waals surface area contributed by atoms with Crippen molar-refractivity contribution in [1.29, 1.82) is 0 Å². The highest BCUT2D eigenvalue weighted by atomic mass is 35.5. The third-order valence-corrected chi connectivity index (χ3v) is 1.97. The van der Waals surface area contributed by atoms with Crippen LogP contribution in [0.15, 0.2) is 0 Å². The van der Waals surface area contributed by atoms with Crippen molar-refractivity contribution in [2.75, 3.05) is 0 Å². The molecule has 1 saturated carbocycles. The molecule has 1 aliphatic rings. The van der Waals surface area contributed by atoms with E-state index < -0.39 is 0 Å². The van der Waals surface area contributed by atoms with E-state index in [4.69, 9.17) is 11.6 Å². The van der Waals surface area contributed by atoms with Gasteiger partial charge in [-0.05, 0) is 12.8 Å². The van der Waals surface area contributed by atoms with Crippen molar-refractivity contribution in [1.82, 2.24) is 0 Å². The summed E-state index contributed by atoms with van der Waals surface area (Å²) < 4.78 is 0. The molecule has 0 saturated heterocycles. The Morgan fingerprint density at radius 1 is 0.818 bits per heavy atom. The van der Waals surface area contributed by atoms with E-state index in [9.17, 15) is 0 Å². The molecular formula is C10H23Cl. The maximum atomic E-state index is 5.82. The molecule has 0 bridgehead atoms. The molecule has 0 aromatic carbocycles. The predicted molar refractivity (Wildman–Crippen MR) is 55.4 cm³/mol. The molecule has 0 unspecified atom stereocenters. The second kappa shape index (κ2) is 12.9. The van der Waals surface area contributed by atoms with E-state index in [1.54, 1.807) is 0 Å². The molecule has 70 valence electrons. The molecule has 0 aromatic rings. The zero-order valence-electron chi connectivity index (χ0n) is 8.49. The summed E-state index contributed by atoms with van der Waals surface area (Å²) in [6.07, 6.45) is 6.62. The Morgan fingerprint density at radius 2 is 1.18 bits per heavy atom. The van der Waals surface area contributed by atoms with Crippen LogP contribution in [0.2, 0.25) is 0 Å². The van der Waals surface area contributed by atoms with Gasteiger partial charge < -0.3 is 0 Å². The third-order valence-electron chi connectivity index (χ3n) is 1.53. The molecule has 0 spiro atoms. The Balaban J connectivity index is 0. The number of alkyl halides is 1. The summed E-state index contributed by atoms with van der Waals surface area (Å²) in [4.78, 5) is 0. The summed E-state index contributed by atoms with van der Waals surface area (Å²) in [6.45, 7) is 8.00. The van der Waals surface area contributed by atoms with E-state index in [1.165, 1.54) is 32.1 Å². The van der Waals surface area contributed by atoms with Gasteiger partial charge >= 0.3 is 0 Å². The maximum absolute atomic E-state index is 5.82. The monoisotopic (exact) mass is 178 g/mol. The van der Waals surface area contributed by atoms with Gasteiger partial charge in [-0.1, -0.05) is 47.0 Å². The van der Waals surface area contributed by atoms with Crippen LogP contribution in [0.1, 0.15) is 59.8 Å². The lowest BCUT2D eigenvalue weighted by Gasteiger charge is -2.13. The molecule has 1 rings (SSSR count). The fourth-order valence-corrected chi connectivity index (χ4v) is 1.36. The first-order chi connectivity index (χ1) is 5.39. The van der Waals surface area contributed by atoms with Crippen molar-refractivity contribution < 1.29 is 0 Å². The van der Waals surface area contributed by atoms with E-state index in [-0.39, 0.29) is 0 Å². The van der Waals surface area contributed by atoms with Gasteiger partial charge in [0.1, 0.15) is 0 Å². The number of rotatable bonds is 0. The smallest absolute Gasteiger partial charge is 0.0336 e. The van der Waals surface area contributed by atoms with Crippen LogP contribution in [-0.2, 0) is 0 Å². The van der Waals surface area contributed by atoms with E-state index in [2.05, 4.69) is 0 Å². The normalized spacial score (nSPS) is 17.2. The molecule has 0 N–H and O–H groups in total. The van der Waals surface area contributed by atoms with Gasteiger partial charge in [0, 0.05) is 5.38 Å². The molecule has 0 aromatic heterocycles. The van der Waals surface area contributed by atoms with Gasteiger partial charge in [0.15, 0.2) is 0 Å². The summed E-state index contributed by atoms with van der Waals surface area (Å²) >= 11 is 5.82. The van der Waals surface area contributed by atoms with Gasteiger partial charge in [0.25, 0.3) is 0 Å². The van der Waals surface area contributed by atoms with Crippen molar-refractivity contribution in [3.63, 3.8) is 0 Å². The first-order valence-corrected chi connectivity index (χ1v) is 5.47. The second-order valence-electron chi connectivity index (χ2n) is 2.24. The van der Waals surface area contributed by atoms with Gasteiger partial charge in [-0.2, -0.15) is 0 Å². The zero-order chi connectivity index (χ0) is 9.11. The first-order valence-electron chi connectivity index (χ1n) is 5.03. The molecule has 11 heavy (non-hydrogen) atoms. The topological polar surface area (TPSA) is 0 Å². The van der Waals surface area contributed by atoms with Crippen LogP contribution in [0.25, 0.3) is 0 Å². The second-order valence-corrected chi connectivity index (χ2v) is 2.85. The molecule has 0 nitrogen and oxygen atoms in total. The number of hydrogen-bond donors (Lipinski definition) is 0. The molecule has 0 atom stereocenters. The van der Waals surface area contributed by atoms with Crippen molar-refractivity contribution in [2.45, 2.75) is 65.2 Å². The average molecular weight is 179 g/mol. The molecule has 0 heterocycles. The van der Waals surface area contributed by atoms with Crippen LogP contribution in [-0.4, -0.2) is 5.38 Å². The van der Waals surface area contributed by atoms with Crippen molar-refractivity contribution in [3.8, 4) is 0 Å². The van der Waals surface area contributed by atoms with Gasteiger partial charge in [0.2, 0.25) is 0 Å². The third kappa shape index (κ3) is 10.3. The number of hydrogen-bond acceptors (Lipinski definition) is 0. The van der Waals surface area contributed by atoms with E-state index >= 15 is 0 Å². The van der Waals surface area contributed by atoms with Crippen LogP contribution in [0.4, 0.5) is 0 Å². The standard InChI is InChI=1S/C6H11Cl.2C2H6/c7-6-4-2-1-3-5-6;2*1-2/h6H,1-5H2;2*1-2H3. The molecule has 0 aliphatic heterocycles. The highest BCUT2D eigenvalue weighted by Crippen LogP contribution is 2.21. The van der Waals surface area contributed by atoms with Gasteiger partial charge in [-0.15, -0.1) is 11.6 Å².